The number of non-ortho nitro benzene ring substituents is 2. The zero-order valence-electron chi connectivity index (χ0n) is 30.7. The van der Waals surface area contributed by atoms with Crippen molar-refractivity contribution in [3.8, 4) is 11.5 Å². The number of oxime groups is 1. The summed E-state index contributed by atoms with van der Waals surface area (Å²) in [7, 11) is 0. The molecule has 14 heteroatoms. The van der Waals surface area contributed by atoms with Crippen molar-refractivity contribution in [3.63, 3.8) is 0 Å². The van der Waals surface area contributed by atoms with Crippen LogP contribution in [-0.4, -0.2) is 33.5 Å². The number of ketones is 1. The van der Waals surface area contributed by atoms with Crippen molar-refractivity contribution in [1.29, 1.82) is 0 Å². The molecule has 280 valence electrons. The maximum absolute atomic E-state index is 11.1. The molecule has 0 aliphatic heterocycles. The highest BCUT2D eigenvalue weighted by molar-refractivity contribution is 5.98. The first-order valence-electron chi connectivity index (χ1n) is 16.1. The van der Waals surface area contributed by atoms with Crippen molar-refractivity contribution in [2.45, 2.75) is 80.8 Å². The molecule has 0 radical (unpaired) electrons. The number of nitrogens with zero attached hydrogens (tertiary/aromatic N) is 3. The third-order valence-electron chi connectivity index (χ3n) is 6.90. The van der Waals surface area contributed by atoms with Crippen LogP contribution in [0.15, 0.2) is 90.1 Å². The lowest BCUT2D eigenvalue weighted by Gasteiger charge is -2.13. The Hall–Kier alpha value is -5.37. The van der Waals surface area contributed by atoms with Gasteiger partial charge in [0, 0.05) is 35.4 Å². The lowest BCUT2D eigenvalue weighted by molar-refractivity contribution is -0.385. The van der Waals surface area contributed by atoms with E-state index in [2.05, 4.69) is 9.99 Å². The third kappa shape index (κ3) is 15.7. The highest BCUT2D eigenvalue weighted by Crippen LogP contribution is 2.23. The first-order chi connectivity index (χ1) is 24.1. The predicted molar refractivity (Wildman–Crippen MR) is 203 cm³/mol. The van der Waals surface area contributed by atoms with Gasteiger partial charge in [-0.2, -0.15) is 0 Å². The Morgan fingerprint density at radius 2 is 1.10 bits per heavy atom. The number of carbonyl (C=O) groups excluding carboxylic acids is 1. The molecule has 0 aromatic heterocycles. The maximum Gasteiger partial charge on any atom is 0.269 e. The smallest absolute Gasteiger partial charge is 0.269 e. The molecule has 0 aliphatic rings. The van der Waals surface area contributed by atoms with Gasteiger partial charge in [0.1, 0.15) is 18.1 Å². The van der Waals surface area contributed by atoms with Crippen LogP contribution in [0.2, 0.25) is 0 Å². The van der Waals surface area contributed by atoms with Crippen LogP contribution in [0.25, 0.3) is 0 Å². The number of hydrogen-bond acceptors (Lipinski definition) is 11. The average molecular weight is 739 g/mol. The Balaban J connectivity index is 0.000000424. The molecule has 0 saturated heterocycles. The minimum absolute atomic E-state index is 0. The standard InChI is InChI=1S/C19H22N2O4.C12H16O2.C7H8N2O3.ClH/c1-13(2)25-19-11-17(8-5-14(19)3)15(4)20-24-12-16-6-9-18(10-7-16)21(22)23;1-8(2)14-12-7-11(10(4)13)6-5-9(12)3;8-12-5-6-1-3-7(4-2-6)9(10)11;/h5-11,13H,12H2,1-4H3;5-8H,1-4H3;1-4H,5,8H2;1H/b20-15+;;;. The van der Waals surface area contributed by atoms with Crippen molar-refractivity contribution in [2.75, 3.05) is 0 Å². The van der Waals surface area contributed by atoms with Crippen LogP contribution in [0.3, 0.4) is 0 Å². The van der Waals surface area contributed by atoms with E-state index in [0.29, 0.717) is 5.56 Å². The van der Waals surface area contributed by atoms with E-state index in [0.717, 1.165) is 45.0 Å². The second-order valence-corrected chi connectivity index (χ2v) is 12.0. The molecule has 0 aliphatic carbocycles. The molecule has 0 heterocycles. The molecule has 0 spiro atoms. The molecule has 0 amide bonds. The summed E-state index contributed by atoms with van der Waals surface area (Å²) in [5.74, 6) is 6.52. The summed E-state index contributed by atoms with van der Waals surface area (Å²) in [6.45, 7) is 15.8. The van der Waals surface area contributed by atoms with Gasteiger partial charge >= 0.3 is 0 Å². The number of carbonyl (C=O) groups is 1. The van der Waals surface area contributed by atoms with E-state index in [1.165, 1.54) is 24.3 Å². The van der Waals surface area contributed by atoms with Gasteiger partial charge in [0.15, 0.2) is 5.78 Å². The quantitative estimate of drug-likeness (QED) is 0.0602. The van der Waals surface area contributed by atoms with Gasteiger partial charge in [-0.05, 0) is 114 Å². The maximum atomic E-state index is 11.1. The largest absolute Gasteiger partial charge is 0.491 e. The zero-order chi connectivity index (χ0) is 38.1. The van der Waals surface area contributed by atoms with Crippen LogP contribution in [0.4, 0.5) is 11.4 Å². The SMILES string of the molecule is C/C(=N\OCc1ccc([N+](=O)[O-])cc1)c1ccc(C)c(OC(C)C)c1.CC(=O)c1ccc(C)c(OC(C)C)c1.Cl.NOCc1ccc([N+](=O)[O-])cc1. The van der Waals surface area contributed by atoms with Crippen molar-refractivity contribution < 1.29 is 33.8 Å². The molecule has 4 aromatic carbocycles. The number of nitro groups is 2. The van der Waals surface area contributed by atoms with Crippen LogP contribution in [0, 0.1) is 34.1 Å². The fourth-order valence-electron chi connectivity index (χ4n) is 4.19. The van der Waals surface area contributed by atoms with Gasteiger partial charge in [0.25, 0.3) is 11.4 Å². The molecular weight excluding hydrogens is 692 g/mol. The molecule has 0 saturated carbocycles. The van der Waals surface area contributed by atoms with Crippen molar-refractivity contribution in [2.24, 2.45) is 11.1 Å². The molecule has 0 bridgehead atoms. The topological polar surface area (TPSA) is 179 Å². The third-order valence-corrected chi connectivity index (χ3v) is 6.90. The van der Waals surface area contributed by atoms with Crippen molar-refractivity contribution in [3.05, 3.63) is 139 Å². The Labute approximate surface area is 310 Å². The Kier molecular flexibility index (Phi) is 19.3. The normalized spacial score (nSPS) is 10.6. The van der Waals surface area contributed by atoms with Crippen LogP contribution < -0.4 is 15.4 Å². The van der Waals surface area contributed by atoms with Gasteiger partial charge in [-0.25, -0.2) is 5.90 Å². The summed E-state index contributed by atoms with van der Waals surface area (Å²) in [4.78, 5) is 40.8. The molecule has 0 atom stereocenters. The van der Waals surface area contributed by atoms with Gasteiger partial charge < -0.3 is 14.3 Å². The van der Waals surface area contributed by atoms with E-state index in [1.807, 2.05) is 78.8 Å². The number of Topliss-reactive ketones (excluding diaryl/α,β-unsaturated/α-hetero) is 1. The van der Waals surface area contributed by atoms with Crippen LogP contribution in [0.1, 0.15) is 79.7 Å². The molecule has 13 nitrogen and oxygen atoms in total. The summed E-state index contributed by atoms with van der Waals surface area (Å²) in [6, 6.07) is 23.7. The van der Waals surface area contributed by atoms with E-state index in [9.17, 15) is 25.0 Å². The van der Waals surface area contributed by atoms with Crippen LogP contribution >= 0.6 is 12.4 Å². The number of rotatable bonds is 13. The van der Waals surface area contributed by atoms with Gasteiger partial charge in [0.05, 0.1) is 34.4 Å². The summed E-state index contributed by atoms with van der Waals surface area (Å²) in [5.41, 5.74) is 6.22. The Morgan fingerprint density at radius 3 is 1.48 bits per heavy atom. The fraction of sp³-hybridized carbons (Fsp3) is 0.316. The van der Waals surface area contributed by atoms with E-state index < -0.39 is 9.85 Å². The number of nitro benzene ring substituents is 2. The minimum atomic E-state index is -0.451. The van der Waals surface area contributed by atoms with Crippen molar-refractivity contribution in [1.82, 2.24) is 0 Å². The lowest BCUT2D eigenvalue weighted by atomic mass is 10.1. The molecule has 4 aromatic rings. The average Bonchev–Trinajstić information content (AvgIpc) is 3.07. The number of ether oxygens (including phenoxy) is 2. The van der Waals surface area contributed by atoms with Crippen molar-refractivity contribution >= 4 is 35.3 Å². The van der Waals surface area contributed by atoms with Gasteiger partial charge in [-0.3, -0.25) is 29.9 Å². The molecule has 0 fully saturated rings. The number of aryl methyl sites for hydroxylation is 2. The van der Waals surface area contributed by atoms with E-state index in [-0.39, 0.29) is 55.0 Å². The Morgan fingerprint density at radius 1 is 0.692 bits per heavy atom. The molecule has 52 heavy (non-hydrogen) atoms. The first kappa shape index (κ1) is 44.7. The Bertz CT molecular complexity index is 1780. The summed E-state index contributed by atoms with van der Waals surface area (Å²) in [5, 5.41) is 25.0. The first-order valence-corrected chi connectivity index (χ1v) is 16.1. The molecule has 4 rings (SSSR count). The number of benzene rings is 4. The number of hydrogen-bond donors (Lipinski definition) is 1. The second kappa shape index (κ2) is 22.4. The van der Waals surface area contributed by atoms with E-state index >= 15 is 0 Å². The van der Waals surface area contributed by atoms with E-state index in [1.54, 1.807) is 37.3 Å². The molecule has 0 unspecified atom stereocenters. The van der Waals surface area contributed by atoms with Crippen LogP contribution in [-0.2, 0) is 22.9 Å². The summed E-state index contributed by atoms with van der Waals surface area (Å²) < 4.78 is 11.4. The zero-order valence-corrected chi connectivity index (χ0v) is 31.5. The van der Waals surface area contributed by atoms with Gasteiger partial charge in [-0.15, -0.1) is 12.4 Å². The predicted octanol–water partition coefficient (Wildman–Crippen LogP) is 9.02. The molecule has 2 N–H and O–H groups in total. The highest BCUT2D eigenvalue weighted by atomic mass is 35.5. The summed E-state index contributed by atoms with van der Waals surface area (Å²) in [6.07, 6.45) is 0.237. The minimum Gasteiger partial charge on any atom is -0.491 e. The second-order valence-electron chi connectivity index (χ2n) is 12.0. The highest BCUT2D eigenvalue weighted by Gasteiger charge is 2.08. The fourth-order valence-corrected chi connectivity index (χ4v) is 4.19. The monoisotopic (exact) mass is 738 g/mol. The summed E-state index contributed by atoms with van der Waals surface area (Å²) >= 11 is 0. The number of nitrogens with two attached hydrogens (primary N) is 1. The number of halogens is 1. The van der Waals surface area contributed by atoms with Crippen LogP contribution in [0.5, 0.6) is 11.5 Å². The van der Waals surface area contributed by atoms with E-state index in [4.69, 9.17) is 20.2 Å². The van der Waals surface area contributed by atoms with Gasteiger partial charge in [-0.1, -0.05) is 29.4 Å². The molecular formula is C38H47ClN4O9. The lowest BCUT2D eigenvalue weighted by Crippen LogP contribution is -2.07. The van der Waals surface area contributed by atoms with Gasteiger partial charge in [0.2, 0.25) is 0 Å².